The molecule has 12 heteroatoms. The second-order valence-electron chi connectivity index (χ2n) is 8.89. The van der Waals surface area contributed by atoms with Gasteiger partial charge < -0.3 is 34.1 Å². The van der Waals surface area contributed by atoms with Crippen molar-refractivity contribution in [3.8, 4) is 17.4 Å². The number of carbonyl (C=O) groups is 1. The Hall–Kier alpha value is -3.45. The van der Waals surface area contributed by atoms with Gasteiger partial charge in [0.05, 0.1) is 38.5 Å². The molecule has 0 spiro atoms. The molecule has 0 saturated heterocycles. The zero-order valence-electron chi connectivity index (χ0n) is 23.2. The highest BCUT2D eigenvalue weighted by Crippen LogP contribution is 2.29. The minimum atomic E-state index is -0.631. The van der Waals surface area contributed by atoms with Gasteiger partial charge in [-0.1, -0.05) is 28.9 Å². The third kappa shape index (κ3) is 10.5. The maximum absolute atomic E-state index is 12.4. The molecule has 0 aliphatic heterocycles. The van der Waals surface area contributed by atoms with Crippen LogP contribution in [0, 0.1) is 0 Å². The number of pyridine rings is 1. The third-order valence-corrected chi connectivity index (χ3v) is 6.19. The van der Waals surface area contributed by atoms with Crippen molar-refractivity contribution < 1.29 is 33.6 Å². The number of halogens is 1. The monoisotopic (exact) mass is 633 g/mol. The molecule has 3 rings (SSSR count). The van der Waals surface area contributed by atoms with E-state index >= 15 is 0 Å². The lowest BCUT2D eigenvalue weighted by Gasteiger charge is -2.13. The Labute approximate surface area is 246 Å². The normalized spacial score (nSPS) is 11.3. The van der Waals surface area contributed by atoms with E-state index in [1.54, 1.807) is 37.4 Å². The second kappa shape index (κ2) is 17.4. The maximum Gasteiger partial charge on any atom is 0.412 e. The standard InChI is InChI=1S/C29H36BrN3O8/c1-3-10-40-25-8-5-20(16-26(25)41-29(36)32-9-13-38-11-4-12-39-15-14-37-2)18-31-19-24-23-17-21(30)6-7-22(23)27(34)33-28(24)35/h5-8,16-17,19H,3-4,9-15,18H2,1-2H3,(H,32,36)(H2,33,34,35). The first-order chi connectivity index (χ1) is 19.9. The van der Waals surface area contributed by atoms with E-state index in [0.29, 0.717) is 61.7 Å². The summed E-state index contributed by atoms with van der Waals surface area (Å²) in [5.74, 6) is 0.431. The molecule has 0 bridgehead atoms. The molecular formula is C29H36BrN3O8. The van der Waals surface area contributed by atoms with Crippen LogP contribution in [0.5, 0.6) is 17.4 Å². The molecule has 0 radical (unpaired) electrons. The zero-order valence-corrected chi connectivity index (χ0v) is 24.8. The van der Waals surface area contributed by atoms with Gasteiger partial charge in [0.1, 0.15) is 0 Å². The fourth-order valence-electron chi connectivity index (χ4n) is 3.71. The van der Waals surface area contributed by atoms with Crippen LogP contribution in [-0.2, 0) is 20.8 Å². The predicted molar refractivity (Wildman–Crippen MR) is 160 cm³/mol. The fraction of sp³-hybridized carbons (Fsp3) is 0.414. The Morgan fingerprint density at radius 1 is 1.02 bits per heavy atom. The number of aromatic amines is 1. The summed E-state index contributed by atoms with van der Waals surface area (Å²) in [6.45, 7) is 5.51. The molecule has 11 nitrogen and oxygen atoms in total. The summed E-state index contributed by atoms with van der Waals surface area (Å²) in [7, 11) is 1.63. The molecule has 222 valence electrons. The fourth-order valence-corrected chi connectivity index (χ4v) is 4.07. The Bertz CT molecular complexity index is 1360. The number of amides is 1. The van der Waals surface area contributed by atoms with Gasteiger partial charge in [0, 0.05) is 48.3 Å². The Morgan fingerprint density at radius 2 is 1.83 bits per heavy atom. The van der Waals surface area contributed by atoms with Crippen LogP contribution in [0.15, 0.2) is 50.7 Å². The van der Waals surface area contributed by atoms with E-state index < -0.39 is 6.09 Å². The van der Waals surface area contributed by atoms with Gasteiger partial charge in [-0.25, -0.2) is 4.79 Å². The van der Waals surface area contributed by atoms with Crippen LogP contribution in [0.3, 0.4) is 0 Å². The largest absolute Gasteiger partial charge is 0.494 e. The number of nitrogens with zero attached hydrogens (tertiary/aromatic N) is 1. The quantitative estimate of drug-likeness (QED) is 0.145. The number of hydrogen-bond acceptors (Lipinski definition) is 9. The third-order valence-electron chi connectivity index (χ3n) is 5.70. The molecule has 0 atom stereocenters. The molecule has 0 saturated carbocycles. The van der Waals surface area contributed by atoms with Gasteiger partial charge in [-0.15, -0.1) is 0 Å². The molecule has 2 aromatic carbocycles. The minimum absolute atomic E-state index is 0.225. The molecule has 0 aliphatic carbocycles. The van der Waals surface area contributed by atoms with Crippen molar-refractivity contribution >= 4 is 39.0 Å². The molecule has 41 heavy (non-hydrogen) atoms. The van der Waals surface area contributed by atoms with Crippen molar-refractivity contribution in [1.82, 2.24) is 10.3 Å². The predicted octanol–water partition coefficient (Wildman–Crippen LogP) is 4.56. The lowest BCUT2D eigenvalue weighted by atomic mass is 10.1. The number of H-pyrrole nitrogens is 1. The van der Waals surface area contributed by atoms with Crippen molar-refractivity contribution in [2.24, 2.45) is 4.99 Å². The number of nitrogens with one attached hydrogen (secondary N) is 2. The zero-order chi connectivity index (χ0) is 29.5. The van der Waals surface area contributed by atoms with E-state index in [1.807, 2.05) is 13.0 Å². The van der Waals surface area contributed by atoms with Crippen LogP contribution in [0.2, 0.25) is 0 Å². The summed E-state index contributed by atoms with van der Waals surface area (Å²) in [5, 5.41) is 14.0. The van der Waals surface area contributed by atoms with Crippen molar-refractivity contribution in [3.05, 3.63) is 62.4 Å². The molecule has 0 fully saturated rings. The average Bonchev–Trinajstić information content (AvgIpc) is 2.95. The number of rotatable bonds is 17. The number of benzene rings is 2. The molecular weight excluding hydrogens is 598 g/mol. The first kappa shape index (κ1) is 32.1. The summed E-state index contributed by atoms with van der Waals surface area (Å²) in [6.07, 6.45) is 2.41. The lowest BCUT2D eigenvalue weighted by Crippen LogP contribution is -2.30. The molecule has 1 amide bonds. The van der Waals surface area contributed by atoms with Crippen LogP contribution in [0.25, 0.3) is 10.8 Å². The summed E-state index contributed by atoms with van der Waals surface area (Å²) < 4.78 is 27.8. The topological polar surface area (TPSA) is 141 Å². The number of carbonyl (C=O) groups excluding carboxylic acids is 1. The minimum Gasteiger partial charge on any atom is -0.494 e. The van der Waals surface area contributed by atoms with E-state index in [-0.39, 0.29) is 30.3 Å². The number of fused-ring (bicyclic) bond motifs is 1. The number of aromatic nitrogens is 1. The molecule has 3 N–H and O–H groups in total. The summed E-state index contributed by atoms with van der Waals surface area (Å²) >= 11 is 3.40. The lowest BCUT2D eigenvalue weighted by molar-refractivity contribution is 0.0518. The summed E-state index contributed by atoms with van der Waals surface area (Å²) in [5.41, 5.74) is 0.749. The van der Waals surface area contributed by atoms with Crippen LogP contribution < -0.4 is 20.3 Å². The van der Waals surface area contributed by atoms with E-state index in [4.69, 9.17) is 23.7 Å². The Morgan fingerprint density at radius 3 is 2.61 bits per heavy atom. The molecule has 0 unspecified atom stereocenters. The Kier molecular flexibility index (Phi) is 13.6. The molecule has 1 aromatic heterocycles. The van der Waals surface area contributed by atoms with Gasteiger partial charge in [-0.2, -0.15) is 0 Å². The maximum atomic E-state index is 12.4. The number of aliphatic imine (C=N–C) groups is 1. The average molecular weight is 635 g/mol. The van der Waals surface area contributed by atoms with Crippen molar-refractivity contribution in [1.29, 1.82) is 0 Å². The molecule has 1 heterocycles. The summed E-state index contributed by atoms with van der Waals surface area (Å²) in [6, 6.07) is 10.4. The number of methoxy groups -OCH3 is 1. The second-order valence-corrected chi connectivity index (χ2v) is 9.81. The van der Waals surface area contributed by atoms with E-state index in [1.165, 1.54) is 6.21 Å². The van der Waals surface area contributed by atoms with Gasteiger partial charge in [-0.05, 0) is 48.7 Å². The van der Waals surface area contributed by atoms with Crippen molar-refractivity contribution in [2.45, 2.75) is 26.3 Å². The number of ether oxygens (including phenoxy) is 5. The molecule has 3 aromatic rings. The van der Waals surface area contributed by atoms with Gasteiger partial charge in [0.15, 0.2) is 11.5 Å². The van der Waals surface area contributed by atoms with Crippen LogP contribution in [0.1, 0.15) is 30.9 Å². The number of aromatic hydroxyl groups is 1. The van der Waals surface area contributed by atoms with E-state index in [0.717, 1.165) is 22.9 Å². The number of hydrogen-bond donors (Lipinski definition) is 3. The highest BCUT2D eigenvalue weighted by Gasteiger charge is 2.13. The van der Waals surface area contributed by atoms with E-state index in [9.17, 15) is 14.7 Å². The van der Waals surface area contributed by atoms with Gasteiger partial charge >= 0.3 is 6.09 Å². The first-order valence-electron chi connectivity index (χ1n) is 13.3. The van der Waals surface area contributed by atoms with Gasteiger partial charge in [-0.3, -0.25) is 14.8 Å². The van der Waals surface area contributed by atoms with Crippen LogP contribution in [-0.4, -0.2) is 75.7 Å². The van der Waals surface area contributed by atoms with E-state index in [2.05, 4.69) is 31.2 Å². The van der Waals surface area contributed by atoms with Crippen LogP contribution in [0.4, 0.5) is 4.79 Å². The molecule has 0 aliphatic rings. The highest BCUT2D eigenvalue weighted by atomic mass is 79.9. The Balaban J connectivity index is 1.58. The van der Waals surface area contributed by atoms with Crippen LogP contribution >= 0.6 is 15.9 Å². The first-order valence-corrected chi connectivity index (χ1v) is 14.1. The smallest absolute Gasteiger partial charge is 0.412 e. The summed E-state index contributed by atoms with van der Waals surface area (Å²) in [4.78, 5) is 31.5. The van der Waals surface area contributed by atoms with Gasteiger partial charge in [0.25, 0.3) is 5.56 Å². The SMILES string of the molecule is CCCOc1ccc(CN=Cc2c(O)[nH]c(=O)c3ccc(Br)cc23)cc1OC(=O)NCCOCCCOCCOC. The van der Waals surface area contributed by atoms with Crippen molar-refractivity contribution in [3.63, 3.8) is 0 Å². The van der Waals surface area contributed by atoms with Crippen molar-refractivity contribution in [2.75, 3.05) is 53.3 Å². The highest BCUT2D eigenvalue weighted by molar-refractivity contribution is 9.10. The van der Waals surface area contributed by atoms with Gasteiger partial charge in [0.2, 0.25) is 5.88 Å².